The molecule has 2 aliphatic rings. The van der Waals surface area contributed by atoms with Crippen LogP contribution < -0.4 is 5.32 Å². The average molecular weight is 212 g/mol. The molecule has 1 saturated carbocycles. The largest absolute Gasteiger partial charge is 0.382 e. The maximum absolute atomic E-state index is 5.37. The molecule has 2 fully saturated rings. The van der Waals surface area contributed by atoms with Crippen LogP contribution in [0.15, 0.2) is 0 Å². The van der Waals surface area contributed by atoms with Crippen LogP contribution in [0.2, 0.25) is 0 Å². The highest BCUT2D eigenvalue weighted by molar-refractivity contribution is 4.91. The van der Waals surface area contributed by atoms with Gasteiger partial charge in [0.05, 0.1) is 0 Å². The van der Waals surface area contributed by atoms with Crippen molar-refractivity contribution in [2.24, 2.45) is 5.92 Å². The maximum atomic E-state index is 5.37. The second-order valence-electron chi connectivity index (χ2n) is 4.75. The lowest BCUT2D eigenvalue weighted by atomic mass is 10.1. The molecule has 1 saturated heterocycles. The van der Waals surface area contributed by atoms with Crippen LogP contribution in [0.25, 0.3) is 0 Å². The maximum Gasteiger partial charge on any atom is 0.0478 e. The Balaban J connectivity index is 1.59. The van der Waals surface area contributed by atoms with Gasteiger partial charge in [0.2, 0.25) is 0 Å². The van der Waals surface area contributed by atoms with E-state index >= 15 is 0 Å². The minimum Gasteiger partial charge on any atom is -0.382 e. The van der Waals surface area contributed by atoms with Crippen molar-refractivity contribution in [1.82, 2.24) is 10.2 Å². The summed E-state index contributed by atoms with van der Waals surface area (Å²) in [7, 11) is 0. The van der Waals surface area contributed by atoms with Gasteiger partial charge >= 0.3 is 0 Å². The van der Waals surface area contributed by atoms with Crippen LogP contribution in [-0.2, 0) is 4.74 Å². The second kappa shape index (κ2) is 5.83. The molecule has 2 rings (SSSR count). The number of nitrogens with zero attached hydrogens (tertiary/aromatic N) is 1. The third-order valence-corrected chi connectivity index (χ3v) is 3.45. The van der Waals surface area contributed by atoms with Gasteiger partial charge in [0, 0.05) is 45.4 Å². The molecule has 1 atom stereocenters. The predicted molar refractivity (Wildman–Crippen MR) is 62.1 cm³/mol. The van der Waals surface area contributed by atoms with Gasteiger partial charge in [-0.15, -0.1) is 0 Å². The lowest BCUT2D eigenvalue weighted by Gasteiger charge is -2.33. The molecule has 3 nitrogen and oxygen atoms in total. The Morgan fingerprint density at radius 1 is 1.40 bits per heavy atom. The first kappa shape index (κ1) is 11.4. The molecular formula is C12H24N2O. The van der Waals surface area contributed by atoms with Crippen molar-refractivity contribution in [2.75, 3.05) is 39.4 Å². The van der Waals surface area contributed by atoms with Gasteiger partial charge in [0.1, 0.15) is 0 Å². The first-order valence-corrected chi connectivity index (χ1v) is 6.43. The molecule has 1 unspecified atom stereocenters. The second-order valence-corrected chi connectivity index (χ2v) is 4.75. The fraction of sp³-hybridized carbons (Fsp3) is 1.00. The zero-order chi connectivity index (χ0) is 10.5. The van der Waals surface area contributed by atoms with Gasteiger partial charge in [-0.2, -0.15) is 0 Å². The molecule has 0 spiro atoms. The van der Waals surface area contributed by atoms with E-state index in [4.69, 9.17) is 4.74 Å². The number of piperazine rings is 1. The van der Waals surface area contributed by atoms with E-state index in [-0.39, 0.29) is 0 Å². The van der Waals surface area contributed by atoms with Gasteiger partial charge in [-0.25, -0.2) is 0 Å². The van der Waals surface area contributed by atoms with Crippen molar-refractivity contribution in [1.29, 1.82) is 0 Å². The van der Waals surface area contributed by atoms with Gasteiger partial charge in [-0.3, -0.25) is 0 Å². The molecule has 0 radical (unpaired) electrons. The molecule has 1 N–H and O–H groups in total. The molecule has 0 aromatic heterocycles. The van der Waals surface area contributed by atoms with E-state index < -0.39 is 0 Å². The molecule has 88 valence electrons. The summed E-state index contributed by atoms with van der Waals surface area (Å²) in [5.74, 6) is 0.986. The van der Waals surface area contributed by atoms with E-state index in [0.29, 0.717) is 0 Å². The molecule has 0 aromatic carbocycles. The summed E-state index contributed by atoms with van der Waals surface area (Å²) in [6.45, 7) is 8.71. The average Bonchev–Trinajstić information content (AvgIpc) is 3.09. The Morgan fingerprint density at radius 3 is 3.00 bits per heavy atom. The Labute approximate surface area is 93.2 Å². The lowest BCUT2D eigenvalue weighted by molar-refractivity contribution is 0.121. The van der Waals surface area contributed by atoms with Crippen molar-refractivity contribution < 1.29 is 4.74 Å². The number of rotatable bonds is 6. The summed E-state index contributed by atoms with van der Waals surface area (Å²) < 4.78 is 5.37. The van der Waals surface area contributed by atoms with Crippen molar-refractivity contribution in [2.45, 2.75) is 32.2 Å². The smallest absolute Gasteiger partial charge is 0.0478 e. The third-order valence-electron chi connectivity index (χ3n) is 3.45. The normalized spacial score (nSPS) is 28.2. The quantitative estimate of drug-likeness (QED) is 0.667. The predicted octanol–water partition coefficient (Wildman–Crippen LogP) is 1.10. The Kier molecular flexibility index (Phi) is 4.42. The van der Waals surface area contributed by atoms with E-state index in [1.54, 1.807) is 0 Å². The zero-order valence-electron chi connectivity index (χ0n) is 9.87. The molecule has 0 bridgehead atoms. The summed E-state index contributed by atoms with van der Waals surface area (Å²) in [5, 5.41) is 3.64. The van der Waals surface area contributed by atoms with Crippen LogP contribution in [0, 0.1) is 5.92 Å². The van der Waals surface area contributed by atoms with Crippen LogP contribution in [0.4, 0.5) is 0 Å². The molecule has 3 heteroatoms. The summed E-state index contributed by atoms with van der Waals surface area (Å²) in [5.41, 5.74) is 0. The molecule has 1 heterocycles. The first-order valence-electron chi connectivity index (χ1n) is 6.43. The standard InChI is InChI=1S/C12H24N2O/c1-2-15-9-3-7-14-8-6-13-12(10-14)11-4-5-11/h11-13H,2-10H2,1H3. The zero-order valence-corrected chi connectivity index (χ0v) is 9.87. The summed E-state index contributed by atoms with van der Waals surface area (Å²) >= 11 is 0. The van der Waals surface area contributed by atoms with Gasteiger partial charge < -0.3 is 15.0 Å². The van der Waals surface area contributed by atoms with Gasteiger partial charge in [-0.05, 0) is 32.1 Å². The minimum absolute atomic E-state index is 0.783. The van der Waals surface area contributed by atoms with E-state index in [0.717, 1.165) is 25.2 Å². The van der Waals surface area contributed by atoms with Crippen molar-refractivity contribution in [3.05, 3.63) is 0 Å². The highest BCUT2D eigenvalue weighted by Crippen LogP contribution is 2.33. The van der Waals surface area contributed by atoms with Crippen LogP contribution in [0.3, 0.4) is 0 Å². The summed E-state index contributed by atoms with van der Waals surface area (Å²) in [6, 6.07) is 0.783. The van der Waals surface area contributed by atoms with Crippen molar-refractivity contribution in [3.63, 3.8) is 0 Å². The monoisotopic (exact) mass is 212 g/mol. The SMILES string of the molecule is CCOCCCN1CCNC(C2CC2)C1. The van der Waals surface area contributed by atoms with E-state index in [1.165, 1.54) is 45.4 Å². The number of nitrogens with one attached hydrogen (secondary N) is 1. The third kappa shape index (κ3) is 3.74. The van der Waals surface area contributed by atoms with E-state index in [1.807, 2.05) is 0 Å². The molecule has 1 aliphatic heterocycles. The number of hydrogen-bond acceptors (Lipinski definition) is 3. The molecule has 1 aliphatic carbocycles. The van der Waals surface area contributed by atoms with Crippen molar-refractivity contribution in [3.8, 4) is 0 Å². The number of ether oxygens (including phenoxy) is 1. The minimum atomic E-state index is 0.783. The fourth-order valence-electron chi connectivity index (χ4n) is 2.39. The molecule has 0 amide bonds. The summed E-state index contributed by atoms with van der Waals surface area (Å²) in [6.07, 6.45) is 4.08. The van der Waals surface area contributed by atoms with Crippen molar-refractivity contribution >= 4 is 0 Å². The Morgan fingerprint density at radius 2 is 2.27 bits per heavy atom. The van der Waals surface area contributed by atoms with Crippen LogP contribution in [-0.4, -0.2) is 50.3 Å². The first-order chi connectivity index (χ1) is 7.40. The lowest BCUT2D eigenvalue weighted by Crippen LogP contribution is -2.51. The van der Waals surface area contributed by atoms with E-state index in [2.05, 4.69) is 17.1 Å². The number of hydrogen-bond donors (Lipinski definition) is 1. The van der Waals surface area contributed by atoms with Gasteiger partial charge in [-0.1, -0.05) is 0 Å². The molecule has 0 aromatic rings. The Hall–Kier alpha value is -0.120. The fourth-order valence-corrected chi connectivity index (χ4v) is 2.39. The van der Waals surface area contributed by atoms with Gasteiger partial charge in [0.15, 0.2) is 0 Å². The van der Waals surface area contributed by atoms with Crippen LogP contribution in [0.5, 0.6) is 0 Å². The molecular weight excluding hydrogens is 188 g/mol. The molecule has 15 heavy (non-hydrogen) atoms. The summed E-state index contributed by atoms with van der Waals surface area (Å²) in [4.78, 5) is 2.60. The Bertz CT molecular complexity index is 182. The highest BCUT2D eigenvalue weighted by atomic mass is 16.5. The van der Waals surface area contributed by atoms with Gasteiger partial charge in [0.25, 0.3) is 0 Å². The van der Waals surface area contributed by atoms with E-state index in [9.17, 15) is 0 Å². The van der Waals surface area contributed by atoms with Crippen LogP contribution >= 0.6 is 0 Å². The van der Waals surface area contributed by atoms with Crippen LogP contribution in [0.1, 0.15) is 26.2 Å². The highest BCUT2D eigenvalue weighted by Gasteiger charge is 2.33. The topological polar surface area (TPSA) is 24.5 Å².